The molecule has 1 aromatic carbocycles. The molecule has 1 aliphatic rings. The maximum Gasteiger partial charge on any atom is 0.256 e. The number of amides is 1. The number of carbonyl (C=O) groups excluding carboxylic acids is 2. The Morgan fingerprint density at radius 3 is 2.50 bits per heavy atom. The van der Waals surface area contributed by atoms with Gasteiger partial charge in [-0.1, -0.05) is 24.1 Å². The minimum atomic E-state index is -0.271. The summed E-state index contributed by atoms with van der Waals surface area (Å²) in [6.45, 7) is 3.53. The van der Waals surface area contributed by atoms with Gasteiger partial charge in [-0.05, 0) is 57.1 Å². The molecule has 0 aliphatic carbocycles. The lowest BCUT2D eigenvalue weighted by Crippen LogP contribution is -2.26. The molecule has 0 saturated carbocycles. The predicted octanol–water partition coefficient (Wildman–Crippen LogP) is 2.45. The molecule has 4 rings (SSSR count). The quantitative estimate of drug-likeness (QED) is 0.237. The van der Waals surface area contributed by atoms with E-state index in [9.17, 15) is 9.59 Å². The van der Waals surface area contributed by atoms with Crippen molar-refractivity contribution in [1.82, 2.24) is 19.9 Å². The standard InChI is InChI=1S/C22H24N8O.C4H4O/c1-30-11-9-16(12-30)28-21-18(20(24)26-13-27-21)19(23)14-5-7-15(8-6-14)22(31)29-17-4-2-3-10-25-17;1-2-3-4-5/h2-8,10,13,16,23H,9,11-12H2,1H3,(H,25,29,31)(H3,24,26,27,28);4H,1H3. The number of nitrogens with two attached hydrogens (primary N) is 1. The summed E-state index contributed by atoms with van der Waals surface area (Å²) < 4.78 is 0. The van der Waals surface area contributed by atoms with Crippen LogP contribution in [0.4, 0.5) is 17.5 Å². The predicted molar refractivity (Wildman–Crippen MR) is 140 cm³/mol. The van der Waals surface area contributed by atoms with Crippen molar-refractivity contribution < 1.29 is 9.59 Å². The molecule has 0 radical (unpaired) electrons. The van der Waals surface area contributed by atoms with Crippen molar-refractivity contribution in [2.24, 2.45) is 0 Å². The third kappa shape index (κ3) is 6.94. The van der Waals surface area contributed by atoms with E-state index in [-0.39, 0.29) is 23.5 Å². The second kappa shape index (κ2) is 12.7. The number of nitrogen functional groups attached to an aromatic ring is 1. The number of likely N-dealkylation sites (N-methyl/N-ethyl adjacent to an activating group) is 1. The Kier molecular flexibility index (Phi) is 9.19. The third-order valence-electron chi connectivity index (χ3n) is 5.40. The van der Waals surface area contributed by atoms with Crippen LogP contribution in [0.3, 0.4) is 0 Å². The minimum absolute atomic E-state index is 0.198. The number of nitrogens with zero attached hydrogens (tertiary/aromatic N) is 4. The molecule has 5 N–H and O–H groups in total. The maximum absolute atomic E-state index is 12.4. The number of aldehydes is 1. The lowest BCUT2D eigenvalue weighted by molar-refractivity contribution is -0.103. The van der Waals surface area contributed by atoms with Crippen LogP contribution in [0.5, 0.6) is 0 Å². The van der Waals surface area contributed by atoms with E-state index in [1.807, 2.05) is 0 Å². The number of pyridine rings is 1. The molecule has 1 saturated heterocycles. The molecule has 10 nitrogen and oxygen atoms in total. The molecule has 2 aromatic heterocycles. The summed E-state index contributed by atoms with van der Waals surface area (Å²) in [5.74, 6) is 5.58. The highest BCUT2D eigenvalue weighted by Crippen LogP contribution is 2.24. The number of anilines is 3. The second-order valence-corrected chi connectivity index (χ2v) is 8.01. The summed E-state index contributed by atoms with van der Waals surface area (Å²) in [6, 6.07) is 12.3. The number of aromatic nitrogens is 3. The molecule has 1 aliphatic heterocycles. The summed E-state index contributed by atoms with van der Waals surface area (Å²) in [4.78, 5) is 36.4. The number of nitrogens with one attached hydrogen (secondary N) is 3. The van der Waals surface area contributed by atoms with Gasteiger partial charge in [-0.25, -0.2) is 15.0 Å². The first kappa shape index (κ1) is 26.0. The molecule has 0 spiro atoms. The van der Waals surface area contributed by atoms with Crippen molar-refractivity contribution in [3.63, 3.8) is 0 Å². The zero-order valence-electron chi connectivity index (χ0n) is 20.2. The van der Waals surface area contributed by atoms with Gasteiger partial charge in [0, 0.05) is 29.9 Å². The van der Waals surface area contributed by atoms with Gasteiger partial charge in [0.15, 0.2) is 6.29 Å². The fraction of sp³-hybridized carbons (Fsp3) is 0.231. The first-order valence-electron chi connectivity index (χ1n) is 11.3. The molecule has 184 valence electrons. The smallest absolute Gasteiger partial charge is 0.256 e. The van der Waals surface area contributed by atoms with Crippen LogP contribution >= 0.6 is 0 Å². The van der Waals surface area contributed by atoms with Crippen molar-refractivity contribution in [2.45, 2.75) is 19.4 Å². The highest BCUT2D eigenvalue weighted by atomic mass is 16.1. The van der Waals surface area contributed by atoms with Gasteiger partial charge in [-0.2, -0.15) is 0 Å². The number of hydrogen-bond donors (Lipinski definition) is 4. The summed E-state index contributed by atoms with van der Waals surface area (Å²) >= 11 is 0. The summed E-state index contributed by atoms with van der Waals surface area (Å²) in [6.07, 6.45) is 4.58. The molecule has 1 unspecified atom stereocenters. The van der Waals surface area contributed by atoms with Crippen LogP contribution in [0.1, 0.15) is 34.8 Å². The van der Waals surface area contributed by atoms with E-state index < -0.39 is 0 Å². The molecular formula is C26H28N8O2. The normalized spacial score (nSPS) is 14.4. The number of benzene rings is 1. The Morgan fingerprint density at radius 2 is 1.92 bits per heavy atom. The average Bonchev–Trinajstić information content (AvgIpc) is 3.30. The fourth-order valence-corrected chi connectivity index (χ4v) is 3.62. The molecule has 0 bridgehead atoms. The van der Waals surface area contributed by atoms with E-state index in [1.165, 1.54) is 6.33 Å². The van der Waals surface area contributed by atoms with Gasteiger partial charge in [-0.3, -0.25) is 15.0 Å². The van der Waals surface area contributed by atoms with Crippen molar-refractivity contribution in [2.75, 3.05) is 36.5 Å². The van der Waals surface area contributed by atoms with Gasteiger partial charge in [-0.15, -0.1) is 0 Å². The van der Waals surface area contributed by atoms with E-state index in [0.29, 0.717) is 34.6 Å². The lowest BCUT2D eigenvalue weighted by atomic mass is 10.0. The second-order valence-electron chi connectivity index (χ2n) is 8.01. The van der Waals surface area contributed by atoms with Crippen LogP contribution in [-0.2, 0) is 4.79 Å². The zero-order chi connectivity index (χ0) is 25.9. The SMILES string of the molecule is CC#CC=O.CN1CCC(Nc2ncnc(N)c2C(=N)c2ccc(C(=O)Nc3ccccn3)cc2)C1. The Bertz CT molecular complexity index is 1270. The molecule has 1 atom stereocenters. The van der Waals surface area contributed by atoms with Crippen molar-refractivity contribution in [3.8, 4) is 11.8 Å². The topological polar surface area (TPSA) is 150 Å². The molecule has 10 heteroatoms. The Balaban J connectivity index is 0.000000658. The van der Waals surface area contributed by atoms with Crippen molar-refractivity contribution in [1.29, 1.82) is 5.41 Å². The van der Waals surface area contributed by atoms with Gasteiger partial charge in [0.2, 0.25) is 0 Å². The summed E-state index contributed by atoms with van der Waals surface area (Å²) in [5.41, 5.74) is 7.85. The molecule has 1 amide bonds. The van der Waals surface area contributed by atoms with E-state index in [1.54, 1.807) is 55.6 Å². The van der Waals surface area contributed by atoms with Gasteiger partial charge >= 0.3 is 0 Å². The molecular weight excluding hydrogens is 456 g/mol. The number of likely N-dealkylation sites (tertiary alicyclic amines) is 1. The van der Waals surface area contributed by atoms with Gasteiger partial charge in [0.25, 0.3) is 5.91 Å². The zero-order valence-corrected chi connectivity index (χ0v) is 20.2. The highest BCUT2D eigenvalue weighted by Gasteiger charge is 2.23. The molecule has 1 fully saturated rings. The Hall–Kier alpha value is -4.62. The Morgan fingerprint density at radius 1 is 1.17 bits per heavy atom. The fourth-order valence-electron chi connectivity index (χ4n) is 3.62. The minimum Gasteiger partial charge on any atom is -0.383 e. The largest absolute Gasteiger partial charge is 0.383 e. The number of rotatable bonds is 6. The van der Waals surface area contributed by atoms with Gasteiger partial charge < -0.3 is 21.3 Å². The van der Waals surface area contributed by atoms with Gasteiger partial charge in [0.1, 0.15) is 23.8 Å². The van der Waals surface area contributed by atoms with Crippen LogP contribution in [0.15, 0.2) is 55.0 Å². The van der Waals surface area contributed by atoms with Gasteiger partial charge in [0.05, 0.1) is 11.3 Å². The molecule has 36 heavy (non-hydrogen) atoms. The first-order chi connectivity index (χ1) is 17.4. The van der Waals surface area contributed by atoms with Crippen LogP contribution in [-0.4, -0.2) is 63.9 Å². The molecule has 3 aromatic rings. The van der Waals surface area contributed by atoms with E-state index in [4.69, 9.17) is 11.1 Å². The van der Waals surface area contributed by atoms with E-state index in [0.717, 1.165) is 19.5 Å². The Labute approximate surface area is 209 Å². The first-order valence-corrected chi connectivity index (χ1v) is 11.3. The van der Waals surface area contributed by atoms with Crippen LogP contribution < -0.4 is 16.4 Å². The monoisotopic (exact) mass is 484 g/mol. The summed E-state index contributed by atoms with van der Waals surface area (Å²) in [7, 11) is 2.07. The van der Waals surface area contributed by atoms with Crippen molar-refractivity contribution >= 4 is 35.4 Å². The van der Waals surface area contributed by atoms with E-state index in [2.05, 4.69) is 49.4 Å². The van der Waals surface area contributed by atoms with Crippen LogP contribution in [0.25, 0.3) is 0 Å². The number of carbonyl (C=O) groups is 2. The third-order valence-corrected chi connectivity index (χ3v) is 5.40. The van der Waals surface area contributed by atoms with Crippen molar-refractivity contribution in [3.05, 3.63) is 71.7 Å². The average molecular weight is 485 g/mol. The number of hydrogen-bond acceptors (Lipinski definition) is 9. The van der Waals surface area contributed by atoms with Crippen LogP contribution in [0.2, 0.25) is 0 Å². The van der Waals surface area contributed by atoms with Crippen LogP contribution in [0, 0.1) is 17.3 Å². The maximum atomic E-state index is 12.4. The molecule has 3 heterocycles. The highest BCUT2D eigenvalue weighted by molar-refractivity contribution is 6.16. The van der Waals surface area contributed by atoms with E-state index >= 15 is 0 Å². The lowest BCUT2D eigenvalue weighted by Gasteiger charge is -2.18. The summed E-state index contributed by atoms with van der Waals surface area (Å²) in [5, 5.41) is 14.8.